The Balaban J connectivity index is 1.35. The van der Waals surface area contributed by atoms with Gasteiger partial charge in [-0.3, -0.25) is 9.69 Å². The minimum absolute atomic E-state index is 0.144. The first-order valence-corrected chi connectivity index (χ1v) is 11.6. The van der Waals surface area contributed by atoms with E-state index in [9.17, 15) is 9.90 Å². The van der Waals surface area contributed by atoms with Crippen molar-refractivity contribution in [2.75, 3.05) is 49.5 Å². The number of para-hydroxylation sites is 2. The van der Waals surface area contributed by atoms with Gasteiger partial charge in [0.25, 0.3) is 0 Å². The second-order valence-electron chi connectivity index (χ2n) is 7.95. The molecule has 1 aliphatic rings. The van der Waals surface area contributed by atoms with E-state index in [1.54, 1.807) is 24.3 Å². The zero-order chi connectivity index (χ0) is 23.9. The van der Waals surface area contributed by atoms with Crippen LogP contribution in [0.15, 0.2) is 66.7 Å². The summed E-state index contributed by atoms with van der Waals surface area (Å²) in [4.78, 5) is 17.0. The fourth-order valence-corrected chi connectivity index (χ4v) is 4.03. The molecule has 178 valence electrons. The smallest absolute Gasteiger partial charge is 0.238 e. The fraction of sp³-hybridized carbons (Fsp3) is 0.269. The average Bonchev–Trinajstić information content (AvgIpc) is 2.83. The van der Waals surface area contributed by atoms with Gasteiger partial charge < -0.3 is 24.8 Å². The Morgan fingerprint density at radius 2 is 1.71 bits per heavy atom. The summed E-state index contributed by atoms with van der Waals surface area (Å²) < 4.78 is 11.5. The van der Waals surface area contributed by atoms with E-state index < -0.39 is 0 Å². The second-order valence-corrected chi connectivity index (χ2v) is 8.38. The minimum Gasteiger partial charge on any atom is -0.506 e. The number of hydrogen-bond acceptors (Lipinski definition) is 6. The van der Waals surface area contributed by atoms with Crippen molar-refractivity contribution in [2.45, 2.75) is 6.92 Å². The maximum atomic E-state index is 12.8. The topological polar surface area (TPSA) is 74.3 Å². The summed E-state index contributed by atoms with van der Waals surface area (Å²) in [5, 5.41) is 13.5. The fourth-order valence-electron chi connectivity index (χ4n) is 3.86. The number of piperazine rings is 1. The predicted molar refractivity (Wildman–Crippen MR) is 135 cm³/mol. The molecule has 0 atom stereocenters. The van der Waals surface area contributed by atoms with Gasteiger partial charge in [-0.2, -0.15) is 0 Å². The number of phenols is 1. The van der Waals surface area contributed by atoms with E-state index in [2.05, 4.69) is 15.1 Å². The monoisotopic (exact) mass is 481 g/mol. The number of amides is 1. The van der Waals surface area contributed by atoms with E-state index >= 15 is 0 Å². The van der Waals surface area contributed by atoms with Crippen LogP contribution < -0.4 is 19.7 Å². The van der Waals surface area contributed by atoms with Gasteiger partial charge in [0, 0.05) is 31.2 Å². The van der Waals surface area contributed by atoms with E-state index in [1.165, 1.54) is 0 Å². The Hall–Kier alpha value is -3.42. The summed E-state index contributed by atoms with van der Waals surface area (Å²) in [6.45, 7) is 5.67. The van der Waals surface area contributed by atoms with Crippen molar-refractivity contribution in [3.8, 4) is 23.0 Å². The van der Waals surface area contributed by atoms with Crippen molar-refractivity contribution in [2.24, 2.45) is 0 Å². The number of carbonyl (C=O) groups excluding carboxylic acids is 1. The van der Waals surface area contributed by atoms with Crippen LogP contribution in [0.2, 0.25) is 5.02 Å². The molecule has 0 unspecified atom stereocenters. The van der Waals surface area contributed by atoms with Gasteiger partial charge in [-0.1, -0.05) is 23.7 Å². The molecule has 1 amide bonds. The Kier molecular flexibility index (Phi) is 7.77. The van der Waals surface area contributed by atoms with Gasteiger partial charge in [-0.25, -0.2) is 0 Å². The molecule has 0 spiro atoms. The van der Waals surface area contributed by atoms with E-state index in [1.807, 2.05) is 49.4 Å². The molecule has 0 radical (unpaired) electrons. The van der Waals surface area contributed by atoms with Crippen molar-refractivity contribution >= 4 is 28.9 Å². The molecular weight excluding hydrogens is 454 g/mol. The number of ether oxygens (including phenoxy) is 2. The van der Waals surface area contributed by atoms with Crippen LogP contribution in [-0.4, -0.2) is 55.2 Å². The largest absolute Gasteiger partial charge is 0.506 e. The third kappa shape index (κ3) is 6.12. The summed E-state index contributed by atoms with van der Waals surface area (Å²) in [6, 6.07) is 19.7. The Bertz CT molecular complexity index is 1120. The number of nitrogens with one attached hydrogen (secondary N) is 1. The number of hydrogen-bond donors (Lipinski definition) is 2. The summed E-state index contributed by atoms with van der Waals surface area (Å²) in [6.07, 6.45) is 0. The summed E-state index contributed by atoms with van der Waals surface area (Å²) in [5.74, 6) is 2.03. The van der Waals surface area contributed by atoms with Crippen LogP contribution >= 0.6 is 11.6 Å². The predicted octanol–water partition coefficient (Wildman–Crippen LogP) is 5.00. The number of nitrogens with zero attached hydrogens (tertiary/aromatic N) is 2. The third-order valence-electron chi connectivity index (χ3n) is 5.54. The van der Waals surface area contributed by atoms with Crippen LogP contribution in [0.5, 0.6) is 23.0 Å². The summed E-state index contributed by atoms with van der Waals surface area (Å²) in [7, 11) is 0. The van der Waals surface area contributed by atoms with Gasteiger partial charge in [0.05, 0.1) is 24.5 Å². The van der Waals surface area contributed by atoms with Gasteiger partial charge in [-0.15, -0.1) is 0 Å². The number of phenolic OH excluding ortho intramolecular Hbond substituents is 1. The zero-order valence-electron chi connectivity index (χ0n) is 19.0. The number of halogens is 1. The summed E-state index contributed by atoms with van der Waals surface area (Å²) in [5.41, 5.74) is 1.33. The van der Waals surface area contributed by atoms with E-state index in [0.29, 0.717) is 41.9 Å². The first-order valence-electron chi connectivity index (χ1n) is 11.3. The highest BCUT2D eigenvalue weighted by molar-refractivity contribution is 6.31. The lowest BCUT2D eigenvalue weighted by molar-refractivity contribution is -0.117. The maximum Gasteiger partial charge on any atom is 0.238 e. The van der Waals surface area contributed by atoms with Gasteiger partial charge >= 0.3 is 0 Å². The molecule has 34 heavy (non-hydrogen) atoms. The second kappa shape index (κ2) is 11.1. The van der Waals surface area contributed by atoms with E-state index in [4.69, 9.17) is 21.1 Å². The average molecular weight is 482 g/mol. The molecule has 0 saturated carbocycles. The molecule has 0 aromatic heterocycles. The highest BCUT2D eigenvalue weighted by Crippen LogP contribution is 2.33. The maximum absolute atomic E-state index is 12.8. The standard InChI is InChI=1S/C26H28ClN3O4/c1-2-33-20-8-10-21(11-9-20)34-25-12-7-19(27)17-22(25)28-26(32)18-29-13-15-30(16-14-29)23-5-3-4-6-24(23)31/h3-12,17,31H,2,13-16,18H2,1H3,(H,28,32). The lowest BCUT2D eigenvalue weighted by Crippen LogP contribution is -2.48. The molecule has 4 rings (SSSR count). The summed E-state index contributed by atoms with van der Waals surface area (Å²) >= 11 is 6.18. The molecule has 3 aromatic rings. The SMILES string of the molecule is CCOc1ccc(Oc2ccc(Cl)cc2NC(=O)CN2CCN(c3ccccc3O)CC2)cc1. The highest BCUT2D eigenvalue weighted by atomic mass is 35.5. The quantitative estimate of drug-likeness (QED) is 0.472. The zero-order valence-corrected chi connectivity index (χ0v) is 19.8. The van der Waals surface area contributed by atoms with Gasteiger partial charge in [0.15, 0.2) is 5.75 Å². The number of aromatic hydroxyl groups is 1. The Morgan fingerprint density at radius 3 is 2.41 bits per heavy atom. The molecule has 0 aliphatic carbocycles. The van der Waals surface area contributed by atoms with E-state index in [-0.39, 0.29) is 18.2 Å². The first-order chi connectivity index (χ1) is 16.5. The number of benzene rings is 3. The lowest BCUT2D eigenvalue weighted by Gasteiger charge is -2.35. The molecule has 8 heteroatoms. The van der Waals surface area contributed by atoms with Crippen LogP contribution in [0.4, 0.5) is 11.4 Å². The molecule has 3 aromatic carbocycles. The Labute approximate surface area is 204 Å². The number of rotatable bonds is 8. The van der Waals surface area contributed by atoms with Crippen LogP contribution in [0.1, 0.15) is 6.92 Å². The molecule has 1 saturated heterocycles. The van der Waals surface area contributed by atoms with E-state index in [0.717, 1.165) is 24.5 Å². The van der Waals surface area contributed by atoms with Crippen molar-refractivity contribution in [3.05, 3.63) is 71.8 Å². The van der Waals surface area contributed by atoms with Crippen molar-refractivity contribution in [1.82, 2.24) is 4.90 Å². The van der Waals surface area contributed by atoms with Crippen LogP contribution in [-0.2, 0) is 4.79 Å². The van der Waals surface area contributed by atoms with Crippen LogP contribution in [0.3, 0.4) is 0 Å². The molecule has 1 aliphatic heterocycles. The van der Waals surface area contributed by atoms with Crippen LogP contribution in [0.25, 0.3) is 0 Å². The molecular formula is C26H28ClN3O4. The van der Waals surface area contributed by atoms with Gasteiger partial charge in [0.2, 0.25) is 5.91 Å². The third-order valence-corrected chi connectivity index (χ3v) is 5.78. The normalized spacial score (nSPS) is 14.0. The molecule has 1 fully saturated rings. The highest BCUT2D eigenvalue weighted by Gasteiger charge is 2.21. The lowest BCUT2D eigenvalue weighted by atomic mass is 10.2. The number of carbonyl (C=O) groups is 1. The van der Waals surface area contributed by atoms with Crippen molar-refractivity contribution < 1.29 is 19.4 Å². The van der Waals surface area contributed by atoms with Gasteiger partial charge in [0.1, 0.15) is 17.2 Å². The molecule has 2 N–H and O–H groups in total. The van der Waals surface area contributed by atoms with Crippen molar-refractivity contribution in [1.29, 1.82) is 0 Å². The molecule has 7 nitrogen and oxygen atoms in total. The molecule has 0 bridgehead atoms. The Morgan fingerprint density at radius 1 is 1.00 bits per heavy atom. The first kappa shape index (κ1) is 23.7. The molecule has 1 heterocycles. The van der Waals surface area contributed by atoms with Crippen molar-refractivity contribution in [3.63, 3.8) is 0 Å². The number of anilines is 2. The minimum atomic E-state index is -0.144. The van der Waals surface area contributed by atoms with Gasteiger partial charge in [-0.05, 0) is 61.5 Å². The van der Waals surface area contributed by atoms with Crippen LogP contribution in [0, 0.1) is 0 Å².